The van der Waals surface area contributed by atoms with Crippen molar-refractivity contribution in [2.45, 2.75) is 79.1 Å². The number of rotatable bonds is 6. The molecule has 1 aromatic carbocycles. The highest BCUT2D eigenvalue weighted by Crippen LogP contribution is 2.39. The Bertz CT molecular complexity index is 505. The third-order valence-corrected chi connectivity index (χ3v) is 3.53. The van der Waals surface area contributed by atoms with Gasteiger partial charge in [0.2, 0.25) is 5.79 Å². The van der Waals surface area contributed by atoms with Gasteiger partial charge in [-0.3, -0.25) is 4.79 Å². The van der Waals surface area contributed by atoms with Gasteiger partial charge in [-0.05, 0) is 31.0 Å². The molecule has 1 amide bonds. The van der Waals surface area contributed by atoms with Crippen LogP contribution in [-0.2, 0) is 0 Å². The zero-order chi connectivity index (χ0) is 17.5. The van der Waals surface area contributed by atoms with Gasteiger partial charge in [-0.25, -0.2) is 0 Å². The normalized spacial score (nSPS) is 14.2. The van der Waals surface area contributed by atoms with E-state index in [4.69, 9.17) is 9.47 Å². The van der Waals surface area contributed by atoms with E-state index in [1.165, 1.54) is 0 Å². The van der Waals surface area contributed by atoms with Crippen LogP contribution in [0.4, 0.5) is 0 Å². The molecule has 0 spiro atoms. The van der Waals surface area contributed by atoms with Crippen molar-refractivity contribution in [3.63, 3.8) is 0 Å². The van der Waals surface area contributed by atoms with E-state index in [9.17, 15) is 4.79 Å². The topological polar surface area (TPSA) is 47.6 Å². The van der Waals surface area contributed by atoms with Crippen molar-refractivity contribution in [1.82, 2.24) is 5.32 Å². The predicted molar refractivity (Wildman–Crippen MR) is 94.2 cm³/mol. The summed E-state index contributed by atoms with van der Waals surface area (Å²) in [6, 6.07) is 5.59. The first-order valence-corrected chi connectivity index (χ1v) is 8.78. The molecule has 0 unspecified atom stereocenters. The molecule has 130 valence electrons. The second-order valence-electron chi connectivity index (χ2n) is 6.01. The minimum Gasteiger partial charge on any atom is -0.449 e. The van der Waals surface area contributed by atoms with Gasteiger partial charge in [0.15, 0.2) is 11.5 Å². The van der Waals surface area contributed by atoms with Gasteiger partial charge >= 0.3 is 0 Å². The van der Waals surface area contributed by atoms with Gasteiger partial charge in [0.1, 0.15) is 0 Å². The fraction of sp³-hybridized carbons (Fsp3) is 0.632. The molecular formula is C19H31NO3. The van der Waals surface area contributed by atoms with Crippen LogP contribution in [0.15, 0.2) is 18.2 Å². The molecule has 4 nitrogen and oxygen atoms in total. The second kappa shape index (κ2) is 8.80. The minimum atomic E-state index is -0.662. The zero-order valence-electron chi connectivity index (χ0n) is 15.4. The van der Waals surface area contributed by atoms with Gasteiger partial charge in [-0.1, -0.05) is 40.5 Å². The Morgan fingerprint density at radius 3 is 2.22 bits per heavy atom. The van der Waals surface area contributed by atoms with Crippen LogP contribution in [0, 0.1) is 0 Å². The first kappa shape index (κ1) is 19.3. The summed E-state index contributed by atoms with van der Waals surface area (Å²) in [5.74, 6) is 0.619. The Kier molecular flexibility index (Phi) is 7.40. The predicted octanol–water partition coefficient (Wildman–Crippen LogP) is 4.92. The van der Waals surface area contributed by atoms with Crippen molar-refractivity contribution >= 4 is 5.91 Å². The lowest BCUT2D eigenvalue weighted by Gasteiger charge is -2.17. The molecule has 1 aromatic rings. The van der Waals surface area contributed by atoms with E-state index >= 15 is 0 Å². The van der Waals surface area contributed by atoms with Crippen LogP contribution in [-0.4, -0.2) is 17.7 Å². The van der Waals surface area contributed by atoms with Crippen molar-refractivity contribution < 1.29 is 14.3 Å². The average molecular weight is 321 g/mol. The number of carbonyl (C=O) groups excluding carboxylic acids is 1. The lowest BCUT2D eigenvalue weighted by atomic mass is 10.1. The van der Waals surface area contributed by atoms with E-state index in [0.717, 1.165) is 25.7 Å². The fourth-order valence-corrected chi connectivity index (χ4v) is 2.62. The number of fused-ring (bicyclic) bond motifs is 1. The number of hydrogen-bond acceptors (Lipinski definition) is 3. The molecule has 1 aliphatic heterocycles. The molecule has 1 N–H and O–H groups in total. The maximum Gasteiger partial charge on any atom is 0.251 e. The number of ether oxygens (including phenoxy) is 2. The highest BCUT2D eigenvalue weighted by Gasteiger charge is 2.32. The van der Waals surface area contributed by atoms with Crippen molar-refractivity contribution in [1.29, 1.82) is 0 Å². The van der Waals surface area contributed by atoms with Crippen molar-refractivity contribution in [2.24, 2.45) is 0 Å². The Hall–Kier alpha value is -1.71. The van der Waals surface area contributed by atoms with E-state index in [2.05, 4.69) is 19.2 Å². The summed E-state index contributed by atoms with van der Waals surface area (Å²) in [5, 5.41) is 3.11. The molecule has 0 aromatic heterocycles. The second-order valence-corrected chi connectivity index (χ2v) is 6.01. The average Bonchev–Trinajstić information content (AvgIpc) is 2.82. The first-order valence-electron chi connectivity index (χ1n) is 8.78. The third kappa shape index (κ3) is 5.45. The summed E-state index contributed by atoms with van der Waals surface area (Å²) in [5.41, 5.74) is 0.618. The number of carbonyl (C=O) groups is 1. The van der Waals surface area contributed by atoms with Gasteiger partial charge in [0.25, 0.3) is 5.91 Å². The van der Waals surface area contributed by atoms with E-state index in [1.807, 2.05) is 27.7 Å². The quantitative estimate of drug-likeness (QED) is 0.809. The van der Waals surface area contributed by atoms with E-state index < -0.39 is 5.79 Å². The Morgan fingerprint density at radius 2 is 1.65 bits per heavy atom. The van der Waals surface area contributed by atoms with Gasteiger partial charge in [0.05, 0.1) is 0 Å². The highest BCUT2D eigenvalue weighted by atomic mass is 16.7. The molecule has 4 heteroatoms. The first-order chi connectivity index (χ1) is 10.9. The van der Waals surface area contributed by atoms with Crippen LogP contribution in [0.3, 0.4) is 0 Å². The summed E-state index contributed by atoms with van der Waals surface area (Å²) < 4.78 is 11.3. The Labute approximate surface area is 140 Å². The van der Waals surface area contributed by atoms with Crippen LogP contribution in [0.25, 0.3) is 0 Å². The smallest absolute Gasteiger partial charge is 0.251 e. The monoisotopic (exact) mass is 321 g/mol. The van der Waals surface area contributed by atoms with E-state index in [0.29, 0.717) is 17.1 Å². The van der Waals surface area contributed by atoms with Crippen LogP contribution in [0.5, 0.6) is 11.5 Å². The van der Waals surface area contributed by atoms with E-state index in [1.54, 1.807) is 18.2 Å². The molecule has 1 aliphatic rings. The largest absolute Gasteiger partial charge is 0.449 e. The molecule has 0 bridgehead atoms. The van der Waals surface area contributed by atoms with E-state index in [-0.39, 0.29) is 11.9 Å². The molecular weight excluding hydrogens is 290 g/mol. The number of amides is 1. The molecule has 0 atom stereocenters. The molecule has 0 saturated carbocycles. The van der Waals surface area contributed by atoms with Crippen LogP contribution >= 0.6 is 0 Å². The molecule has 0 radical (unpaired) electrons. The lowest BCUT2D eigenvalue weighted by molar-refractivity contribution is -0.0431. The summed E-state index contributed by atoms with van der Waals surface area (Å²) >= 11 is 0. The molecule has 0 aliphatic carbocycles. The maximum absolute atomic E-state index is 12.4. The molecule has 0 saturated heterocycles. The van der Waals surface area contributed by atoms with Crippen molar-refractivity contribution in [3.8, 4) is 11.5 Å². The third-order valence-electron chi connectivity index (χ3n) is 3.53. The number of benzene rings is 1. The van der Waals surface area contributed by atoms with Crippen molar-refractivity contribution in [2.75, 3.05) is 0 Å². The van der Waals surface area contributed by atoms with Crippen LogP contribution in [0.1, 0.15) is 77.6 Å². The van der Waals surface area contributed by atoms with Crippen LogP contribution < -0.4 is 14.8 Å². The molecule has 2 rings (SSSR count). The SMILES string of the molecule is CC.CCCC(CCC)NC(=O)c1ccc2c(c1)OC(C)(C)O2. The van der Waals surface area contributed by atoms with Gasteiger partial charge in [-0.15, -0.1) is 0 Å². The van der Waals surface area contributed by atoms with Crippen molar-refractivity contribution in [3.05, 3.63) is 23.8 Å². The van der Waals surface area contributed by atoms with Crippen LogP contribution in [0.2, 0.25) is 0 Å². The Balaban J connectivity index is 0.00000127. The highest BCUT2D eigenvalue weighted by molar-refractivity contribution is 5.95. The molecule has 23 heavy (non-hydrogen) atoms. The van der Waals surface area contributed by atoms with Gasteiger partial charge < -0.3 is 14.8 Å². The summed E-state index contributed by atoms with van der Waals surface area (Å²) in [6.45, 7) is 12.0. The minimum absolute atomic E-state index is 0.0435. The lowest BCUT2D eigenvalue weighted by Crippen LogP contribution is -2.34. The summed E-state index contributed by atoms with van der Waals surface area (Å²) in [4.78, 5) is 12.4. The standard InChI is InChI=1S/C17H25NO3.C2H6/c1-5-7-13(8-6-2)18-16(19)12-9-10-14-15(11-12)21-17(3,4)20-14;1-2/h9-11,13H,5-8H2,1-4H3,(H,18,19);1-2H3. The van der Waals surface area contributed by atoms with Gasteiger partial charge in [0, 0.05) is 25.5 Å². The number of hydrogen-bond donors (Lipinski definition) is 1. The fourth-order valence-electron chi connectivity index (χ4n) is 2.62. The molecule has 1 heterocycles. The van der Waals surface area contributed by atoms with Gasteiger partial charge in [-0.2, -0.15) is 0 Å². The maximum atomic E-state index is 12.4. The Morgan fingerprint density at radius 1 is 1.09 bits per heavy atom. The summed E-state index contributed by atoms with van der Waals surface area (Å²) in [7, 11) is 0. The number of nitrogens with one attached hydrogen (secondary N) is 1. The molecule has 0 fully saturated rings. The zero-order valence-corrected chi connectivity index (χ0v) is 15.4. The summed E-state index contributed by atoms with van der Waals surface area (Å²) in [6.07, 6.45) is 4.16.